The first kappa shape index (κ1) is 18.5. The van der Waals surface area contributed by atoms with Crippen LogP contribution in [-0.4, -0.2) is 60.1 Å². The molecule has 0 spiro atoms. The Morgan fingerprint density at radius 2 is 1.27 bits per heavy atom. The van der Waals surface area contributed by atoms with Gasteiger partial charge in [-0.1, -0.05) is 54.6 Å². The summed E-state index contributed by atoms with van der Waals surface area (Å²) in [6.07, 6.45) is 0. The van der Waals surface area contributed by atoms with Gasteiger partial charge in [-0.3, -0.25) is 14.5 Å². The summed E-state index contributed by atoms with van der Waals surface area (Å²) in [7, 11) is 2.11. The molecule has 1 heterocycles. The van der Waals surface area contributed by atoms with Gasteiger partial charge in [0.05, 0.1) is 5.54 Å². The lowest BCUT2D eigenvalue weighted by atomic mass is 9.89. The molecule has 2 aromatic carbocycles. The second-order valence-electron chi connectivity index (χ2n) is 7.45. The second kappa shape index (κ2) is 7.52. The molecule has 4 nitrogen and oxygen atoms in total. The van der Waals surface area contributed by atoms with Crippen LogP contribution in [-0.2, 0) is 0 Å². The first-order valence-electron chi connectivity index (χ1n) is 9.08. The minimum absolute atomic E-state index is 0.0251. The van der Waals surface area contributed by atoms with Crippen molar-refractivity contribution in [1.82, 2.24) is 9.80 Å². The van der Waals surface area contributed by atoms with E-state index in [0.29, 0.717) is 16.7 Å². The molecule has 1 aliphatic heterocycles. The van der Waals surface area contributed by atoms with E-state index >= 15 is 0 Å². The van der Waals surface area contributed by atoms with Gasteiger partial charge in [0.25, 0.3) is 0 Å². The summed E-state index contributed by atoms with van der Waals surface area (Å²) in [4.78, 5) is 30.1. The zero-order valence-corrected chi connectivity index (χ0v) is 15.7. The number of carbonyl (C=O) groups excluding carboxylic acids is 2. The molecule has 0 aromatic heterocycles. The van der Waals surface area contributed by atoms with Crippen molar-refractivity contribution >= 4 is 11.6 Å². The third kappa shape index (κ3) is 3.76. The van der Waals surface area contributed by atoms with Crippen molar-refractivity contribution in [2.75, 3.05) is 33.2 Å². The number of benzene rings is 2. The molecule has 0 aliphatic carbocycles. The minimum Gasteiger partial charge on any atom is -0.304 e. The van der Waals surface area contributed by atoms with E-state index < -0.39 is 5.54 Å². The van der Waals surface area contributed by atoms with Crippen LogP contribution >= 0.6 is 0 Å². The van der Waals surface area contributed by atoms with E-state index in [0.717, 1.165) is 26.2 Å². The van der Waals surface area contributed by atoms with Gasteiger partial charge in [-0.2, -0.15) is 0 Å². The van der Waals surface area contributed by atoms with Gasteiger partial charge < -0.3 is 4.90 Å². The molecule has 0 bridgehead atoms. The second-order valence-corrected chi connectivity index (χ2v) is 7.45. The maximum absolute atomic E-state index is 13.1. The minimum atomic E-state index is -0.549. The summed E-state index contributed by atoms with van der Waals surface area (Å²) in [5.74, 6) is 0.0729. The van der Waals surface area contributed by atoms with Crippen molar-refractivity contribution in [3.05, 3.63) is 71.3 Å². The van der Waals surface area contributed by atoms with E-state index in [9.17, 15) is 9.59 Å². The monoisotopic (exact) mass is 350 g/mol. The third-order valence-corrected chi connectivity index (χ3v) is 5.29. The molecule has 2 aromatic rings. The van der Waals surface area contributed by atoms with Crippen molar-refractivity contribution in [2.24, 2.45) is 0 Å². The Kier molecular flexibility index (Phi) is 5.35. The van der Waals surface area contributed by atoms with Crippen LogP contribution in [0.5, 0.6) is 0 Å². The quantitative estimate of drug-likeness (QED) is 0.777. The molecular weight excluding hydrogens is 324 g/mol. The van der Waals surface area contributed by atoms with E-state index in [1.165, 1.54) is 0 Å². The summed E-state index contributed by atoms with van der Waals surface area (Å²) in [5.41, 5.74) is 1.36. The molecule has 1 aliphatic rings. The van der Waals surface area contributed by atoms with E-state index in [1.807, 2.05) is 32.0 Å². The highest BCUT2D eigenvalue weighted by atomic mass is 16.1. The largest absolute Gasteiger partial charge is 0.304 e. The molecule has 0 unspecified atom stereocenters. The maximum atomic E-state index is 13.1. The summed E-state index contributed by atoms with van der Waals surface area (Å²) >= 11 is 0. The van der Waals surface area contributed by atoms with Crippen molar-refractivity contribution in [2.45, 2.75) is 19.4 Å². The summed E-state index contributed by atoms with van der Waals surface area (Å²) in [6, 6.07) is 16.3. The predicted octanol–water partition coefficient (Wildman–Crippen LogP) is 3.13. The Hall–Kier alpha value is -2.30. The van der Waals surface area contributed by atoms with Crippen molar-refractivity contribution in [3.63, 3.8) is 0 Å². The van der Waals surface area contributed by atoms with Gasteiger partial charge in [-0.15, -0.1) is 0 Å². The Labute approximate surface area is 155 Å². The van der Waals surface area contributed by atoms with Gasteiger partial charge in [0.1, 0.15) is 0 Å². The van der Waals surface area contributed by atoms with E-state index in [1.54, 1.807) is 36.4 Å². The number of Topliss-reactive ketones (excluding diaryl/α,β-unsaturated/α-hetero) is 1. The zero-order valence-electron chi connectivity index (χ0n) is 15.7. The summed E-state index contributed by atoms with van der Waals surface area (Å²) < 4.78 is 0. The van der Waals surface area contributed by atoms with Gasteiger partial charge in [0.2, 0.25) is 0 Å². The molecule has 0 amide bonds. The lowest BCUT2D eigenvalue weighted by Crippen LogP contribution is -2.57. The molecule has 3 rings (SSSR count). The van der Waals surface area contributed by atoms with Crippen LogP contribution in [0.4, 0.5) is 0 Å². The highest BCUT2D eigenvalue weighted by molar-refractivity contribution is 6.10. The third-order valence-electron chi connectivity index (χ3n) is 5.29. The number of nitrogens with zero attached hydrogens (tertiary/aromatic N) is 2. The highest BCUT2D eigenvalue weighted by Crippen LogP contribution is 2.23. The lowest BCUT2D eigenvalue weighted by molar-refractivity contribution is 0.0463. The summed E-state index contributed by atoms with van der Waals surface area (Å²) in [6.45, 7) is 7.70. The van der Waals surface area contributed by atoms with E-state index in [-0.39, 0.29) is 11.6 Å². The molecule has 0 saturated carbocycles. The van der Waals surface area contributed by atoms with Crippen LogP contribution in [0.25, 0.3) is 0 Å². The number of likely N-dealkylation sites (N-methyl/N-ethyl adjacent to an activating group) is 1. The summed E-state index contributed by atoms with van der Waals surface area (Å²) in [5, 5.41) is 0. The number of ketones is 2. The molecule has 136 valence electrons. The predicted molar refractivity (Wildman–Crippen MR) is 104 cm³/mol. The number of piperazine rings is 1. The molecule has 1 fully saturated rings. The number of hydrogen-bond donors (Lipinski definition) is 0. The Morgan fingerprint density at radius 1 is 0.769 bits per heavy atom. The molecule has 0 atom stereocenters. The molecule has 4 heteroatoms. The molecule has 0 radical (unpaired) electrons. The molecular formula is C22H26N2O2. The first-order valence-corrected chi connectivity index (χ1v) is 9.08. The standard InChI is InChI=1S/C22H26N2O2/c1-22(2,24-15-13-23(3)14-16-24)21(26)19-11-9-18(10-12-19)20(25)17-7-5-4-6-8-17/h4-12H,13-16H2,1-3H3. The van der Waals surface area contributed by atoms with Crippen LogP contribution in [0.15, 0.2) is 54.6 Å². The molecule has 26 heavy (non-hydrogen) atoms. The molecule has 1 saturated heterocycles. The number of carbonyl (C=O) groups is 2. The van der Waals surface area contributed by atoms with Gasteiger partial charge in [0, 0.05) is 42.9 Å². The number of hydrogen-bond acceptors (Lipinski definition) is 4. The van der Waals surface area contributed by atoms with Crippen LogP contribution in [0.3, 0.4) is 0 Å². The lowest BCUT2D eigenvalue weighted by Gasteiger charge is -2.42. The van der Waals surface area contributed by atoms with Gasteiger partial charge in [-0.25, -0.2) is 0 Å². The number of rotatable bonds is 5. The smallest absolute Gasteiger partial charge is 0.193 e. The van der Waals surface area contributed by atoms with E-state index in [4.69, 9.17) is 0 Å². The fourth-order valence-corrected chi connectivity index (χ4v) is 3.39. The van der Waals surface area contributed by atoms with E-state index in [2.05, 4.69) is 16.8 Å². The Bertz CT molecular complexity index is 774. The fourth-order valence-electron chi connectivity index (χ4n) is 3.39. The van der Waals surface area contributed by atoms with Crippen LogP contribution in [0.2, 0.25) is 0 Å². The van der Waals surface area contributed by atoms with Crippen molar-refractivity contribution in [1.29, 1.82) is 0 Å². The topological polar surface area (TPSA) is 40.6 Å². The van der Waals surface area contributed by atoms with Crippen LogP contribution < -0.4 is 0 Å². The van der Waals surface area contributed by atoms with Crippen LogP contribution in [0.1, 0.15) is 40.1 Å². The first-order chi connectivity index (χ1) is 12.4. The zero-order chi connectivity index (χ0) is 18.7. The van der Waals surface area contributed by atoms with Gasteiger partial charge in [-0.05, 0) is 20.9 Å². The van der Waals surface area contributed by atoms with Gasteiger partial charge in [0.15, 0.2) is 11.6 Å². The normalized spacial score (nSPS) is 16.4. The molecule has 0 N–H and O–H groups in total. The maximum Gasteiger partial charge on any atom is 0.193 e. The van der Waals surface area contributed by atoms with Crippen molar-refractivity contribution in [3.8, 4) is 0 Å². The highest BCUT2D eigenvalue weighted by Gasteiger charge is 2.36. The van der Waals surface area contributed by atoms with Gasteiger partial charge >= 0.3 is 0 Å². The average molecular weight is 350 g/mol. The van der Waals surface area contributed by atoms with Crippen molar-refractivity contribution < 1.29 is 9.59 Å². The Morgan fingerprint density at radius 3 is 1.85 bits per heavy atom. The van der Waals surface area contributed by atoms with Crippen LogP contribution in [0, 0.1) is 0 Å². The average Bonchev–Trinajstić information content (AvgIpc) is 2.68. The Balaban J connectivity index is 1.75. The fraction of sp³-hybridized carbons (Fsp3) is 0.364. The SMILES string of the molecule is CN1CCN(C(C)(C)C(=O)c2ccc(C(=O)c3ccccc3)cc2)CC1.